The standard InChI is InChI=1S/C16H18ClNO3/c17-14-4-2-1-3-11(14)12-8-13(12)15(19)18-10-6-5-9(7-10)16(20)21/h1-4,9-10,12-13H,5-8H2,(H,18,19)(H,20,21)/t9-,10+,12-,13+/m1/s1. The molecule has 0 heterocycles. The van der Waals surface area contributed by atoms with Crippen LogP contribution in [-0.2, 0) is 9.59 Å². The Bertz CT molecular complexity index is 574. The van der Waals surface area contributed by atoms with Crippen LogP contribution in [0.2, 0.25) is 5.02 Å². The van der Waals surface area contributed by atoms with Crippen LogP contribution in [0.5, 0.6) is 0 Å². The zero-order valence-electron chi connectivity index (χ0n) is 11.6. The second kappa shape index (κ2) is 5.68. The van der Waals surface area contributed by atoms with Gasteiger partial charge in [-0.3, -0.25) is 9.59 Å². The Morgan fingerprint density at radius 1 is 1.19 bits per heavy atom. The van der Waals surface area contributed by atoms with Gasteiger partial charge in [0.05, 0.1) is 5.92 Å². The van der Waals surface area contributed by atoms with Gasteiger partial charge in [-0.15, -0.1) is 0 Å². The van der Waals surface area contributed by atoms with Crippen LogP contribution in [0.4, 0.5) is 0 Å². The molecule has 0 aliphatic heterocycles. The first-order valence-corrected chi connectivity index (χ1v) is 7.71. The Labute approximate surface area is 128 Å². The van der Waals surface area contributed by atoms with Crippen molar-refractivity contribution in [2.24, 2.45) is 11.8 Å². The summed E-state index contributed by atoms with van der Waals surface area (Å²) in [5.74, 6) is -0.846. The number of aliphatic carboxylic acids is 1. The zero-order valence-corrected chi connectivity index (χ0v) is 12.3. The molecule has 0 bridgehead atoms. The Balaban J connectivity index is 1.54. The highest BCUT2D eigenvalue weighted by atomic mass is 35.5. The van der Waals surface area contributed by atoms with Crippen molar-refractivity contribution >= 4 is 23.5 Å². The van der Waals surface area contributed by atoms with Gasteiger partial charge >= 0.3 is 5.97 Å². The fourth-order valence-electron chi connectivity index (χ4n) is 3.25. The number of rotatable bonds is 4. The van der Waals surface area contributed by atoms with Crippen LogP contribution < -0.4 is 5.32 Å². The topological polar surface area (TPSA) is 66.4 Å². The molecule has 4 nitrogen and oxygen atoms in total. The lowest BCUT2D eigenvalue weighted by Gasteiger charge is -2.12. The lowest BCUT2D eigenvalue weighted by Crippen LogP contribution is -2.34. The number of hydrogen-bond acceptors (Lipinski definition) is 2. The van der Waals surface area contributed by atoms with Crippen molar-refractivity contribution in [3.05, 3.63) is 34.9 Å². The predicted molar refractivity (Wildman–Crippen MR) is 79.2 cm³/mol. The average molecular weight is 308 g/mol. The minimum absolute atomic E-state index is 0.00564. The number of benzene rings is 1. The largest absolute Gasteiger partial charge is 0.481 e. The summed E-state index contributed by atoms with van der Waals surface area (Å²) in [6, 6.07) is 7.64. The number of carboxylic acids is 1. The van der Waals surface area contributed by atoms with E-state index in [1.54, 1.807) is 0 Å². The maximum atomic E-state index is 12.2. The molecule has 1 aromatic carbocycles. The van der Waals surface area contributed by atoms with Gasteiger partial charge in [0.2, 0.25) is 5.91 Å². The molecule has 21 heavy (non-hydrogen) atoms. The number of nitrogens with one attached hydrogen (secondary N) is 1. The van der Waals surface area contributed by atoms with E-state index in [-0.39, 0.29) is 29.7 Å². The summed E-state index contributed by atoms with van der Waals surface area (Å²) < 4.78 is 0. The SMILES string of the molecule is O=C(O)[C@@H]1CC[C@H](NC(=O)[C@H]2C[C@@H]2c2ccccc2Cl)C1. The normalized spacial score (nSPS) is 30.9. The van der Waals surface area contributed by atoms with Crippen LogP contribution in [-0.4, -0.2) is 23.0 Å². The van der Waals surface area contributed by atoms with E-state index in [4.69, 9.17) is 16.7 Å². The van der Waals surface area contributed by atoms with Gasteiger partial charge in [-0.1, -0.05) is 29.8 Å². The van der Waals surface area contributed by atoms with Crippen LogP contribution in [0.3, 0.4) is 0 Å². The van der Waals surface area contributed by atoms with Gasteiger partial charge in [0.15, 0.2) is 0 Å². The lowest BCUT2D eigenvalue weighted by atomic mass is 10.1. The van der Waals surface area contributed by atoms with E-state index in [0.29, 0.717) is 17.9 Å². The van der Waals surface area contributed by atoms with Crippen molar-refractivity contribution in [1.29, 1.82) is 0 Å². The molecule has 0 aromatic heterocycles. The number of amides is 1. The van der Waals surface area contributed by atoms with Crippen molar-refractivity contribution in [3.63, 3.8) is 0 Å². The van der Waals surface area contributed by atoms with E-state index >= 15 is 0 Å². The van der Waals surface area contributed by atoms with Crippen LogP contribution in [0, 0.1) is 11.8 Å². The first kappa shape index (κ1) is 14.4. The Hall–Kier alpha value is -1.55. The summed E-state index contributed by atoms with van der Waals surface area (Å²) in [7, 11) is 0. The van der Waals surface area contributed by atoms with Gasteiger partial charge in [0.1, 0.15) is 0 Å². The Morgan fingerprint density at radius 3 is 2.62 bits per heavy atom. The predicted octanol–water partition coefficient (Wildman–Crippen LogP) is 2.81. The number of carboxylic acid groups (broad SMARTS) is 1. The van der Waals surface area contributed by atoms with Gasteiger partial charge in [-0.2, -0.15) is 0 Å². The summed E-state index contributed by atoms with van der Waals surface area (Å²) in [5, 5.41) is 12.7. The Morgan fingerprint density at radius 2 is 1.95 bits per heavy atom. The molecular weight excluding hydrogens is 290 g/mol. The molecule has 2 saturated carbocycles. The second-order valence-electron chi connectivity index (χ2n) is 6.02. The maximum Gasteiger partial charge on any atom is 0.306 e. The number of carbonyl (C=O) groups is 2. The lowest BCUT2D eigenvalue weighted by molar-refractivity contribution is -0.141. The minimum atomic E-state index is -0.757. The summed E-state index contributed by atoms with van der Waals surface area (Å²) in [4.78, 5) is 23.2. The molecule has 4 atom stereocenters. The average Bonchev–Trinajstić information content (AvgIpc) is 3.11. The van der Waals surface area contributed by atoms with Crippen molar-refractivity contribution in [1.82, 2.24) is 5.32 Å². The minimum Gasteiger partial charge on any atom is -0.481 e. The molecule has 2 aliphatic rings. The molecule has 5 heteroatoms. The fraction of sp³-hybridized carbons (Fsp3) is 0.500. The van der Waals surface area contributed by atoms with Crippen molar-refractivity contribution in [3.8, 4) is 0 Å². The highest BCUT2D eigenvalue weighted by Gasteiger charge is 2.45. The van der Waals surface area contributed by atoms with Crippen LogP contribution in [0.1, 0.15) is 37.2 Å². The molecule has 3 rings (SSSR count). The zero-order chi connectivity index (χ0) is 15.0. The van der Waals surface area contributed by atoms with Gasteiger partial charge in [0, 0.05) is 17.0 Å². The molecule has 2 aliphatic carbocycles. The molecule has 0 radical (unpaired) electrons. The summed E-state index contributed by atoms with van der Waals surface area (Å²) in [6.45, 7) is 0. The summed E-state index contributed by atoms with van der Waals surface area (Å²) in [5.41, 5.74) is 1.04. The van der Waals surface area contributed by atoms with Gasteiger partial charge in [-0.25, -0.2) is 0 Å². The van der Waals surface area contributed by atoms with E-state index in [1.807, 2.05) is 24.3 Å². The molecule has 2 N–H and O–H groups in total. The monoisotopic (exact) mass is 307 g/mol. The molecule has 112 valence electrons. The first-order chi connectivity index (χ1) is 10.1. The molecule has 1 amide bonds. The van der Waals surface area contributed by atoms with E-state index < -0.39 is 5.97 Å². The quantitative estimate of drug-likeness (QED) is 0.899. The molecule has 1 aromatic rings. The number of hydrogen-bond donors (Lipinski definition) is 2. The van der Waals surface area contributed by atoms with E-state index in [2.05, 4.69) is 5.32 Å². The molecule has 0 unspecified atom stereocenters. The molecular formula is C16H18ClNO3. The van der Waals surface area contributed by atoms with Crippen LogP contribution in [0.25, 0.3) is 0 Å². The summed E-state index contributed by atoms with van der Waals surface area (Å²) >= 11 is 6.16. The van der Waals surface area contributed by atoms with Crippen molar-refractivity contribution in [2.75, 3.05) is 0 Å². The highest BCUT2D eigenvalue weighted by molar-refractivity contribution is 6.31. The third-order valence-corrected chi connectivity index (χ3v) is 4.90. The Kier molecular flexibility index (Phi) is 3.89. The third kappa shape index (κ3) is 3.05. The highest BCUT2D eigenvalue weighted by Crippen LogP contribution is 2.49. The smallest absolute Gasteiger partial charge is 0.306 e. The maximum absolute atomic E-state index is 12.2. The second-order valence-corrected chi connectivity index (χ2v) is 6.43. The van der Waals surface area contributed by atoms with E-state index in [9.17, 15) is 9.59 Å². The van der Waals surface area contributed by atoms with E-state index in [0.717, 1.165) is 18.4 Å². The van der Waals surface area contributed by atoms with Gasteiger partial charge in [-0.05, 0) is 43.2 Å². The fourth-order valence-corrected chi connectivity index (χ4v) is 3.53. The molecule has 2 fully saturated rings. The molecule has 0 spiro atoms. The summed E-state index contributed by atoms with van der Waals surface area (Å²) in [6.07, 6.45) is 2.78. The van der Waals surface area contributed by atoms with Gasteiger partial charge < -0.3 is 10.4 Å². The van der Waals surface area contributed by atoms with Gasteiger partial charge in [0.25, 0.3) is 0 Å². The first-order valence-electron chi connectivity index (χ1n) is 7.34. The van der Waals surface area contributed by atoms with Crippen LogP contribution >= 0.6 is 11.6 Å². The number of halogens is 1. The third-order valence-electron chi connectivity index (χ3n) is 4.56. The van der Waals surface area contributed by atoms with Crippen molar-refractivity contribution in [2.45, 2.75) is 37.6 Å². The van der Waals surface area contributed by atoms with Crippen molar-refractivity contribution < 1.29 is 14.7 Å². The molecule has 0 saturated heterocycles. The van der Waals surface area contributed by atoms with Crippen LogP contribution in [0.15, 0.2) is 24.3 Å². The number of carbonyl (C=O) groups excluding carboxylic acids is 1. The van der Waals surface area contributed by atoms with E-state index in [1.165, 1.54) is 0 Å².